The van der Waals surface area contributed by atoms with E-state index in [0.717, 1.165) is 10.9 Å². The number of pyridine rings is 1. The second-order valence-electron chi connectivity index (χ2n) is 6.36. The zero-order chi connectivity index (χ0) is 22.6. The van der Waals surface area contributed by atoms with Crippen LogP contribution in [0.1, 0.15) is 6.92 Å². The first-order chi connectivity index (χ1) is 14.7. The van der Waals surface area contributed by atoms with E-state index in [2.05, 4.69) is 9.71 Å². The summed E-state index contributed by atoms with van der Waals surface area (Å²) in [4.78, 5) is 4.26. The molecule has 1 heterocycles. The fourth-order valence-electron chi connectivity index (χ4n) is 2.58. The van der Waals surface area contributed by atoms with Gasteiger partial charge in [-0.1, -0.05) is 53.0 Å². The molecule has 0 aliphatic heterocycles. The zero-order valence-corrected chi connectivity index (χ0v) is 19.9. The van der Waals surface area contributed by atoms with E-state index in [9.17, 15) is 8.42 Å². The van der Waals surface area contributed by atoms with E-state index in [0.29, 0.717) is 10.8 Å². The highest BCUT2D eigenvalue weighted by atomic mass is 35.5. The van der Waals surface area contributed by atoms with Crippen LogP contribution in [-0.2, 0) is 10.0 Å². The molecule has 0 radical (unpaired) electrons. The van der Waals surface area contributed by atoms with Gasteiger partial charge in [-0.15, -0.1) is 11.6 Å². The van der Waals surface area contributed by atoms with Crippen molar-refractivity contribution in [3.8, 4) is 11.5 Å². The number of aromatic nitrogens is 1. The number of hydrogen-bond acceptors (Lipinski definition) is 4. The van der Waals surface area contributed by atoms with Crippen molar-refractivity contribution < 1.29 is 13.2 Å². The molecule has 0 amide bonds. The summed E-state index contributed by atoms with van der Waals surface area (Å²) in [7, 11) is -3.94. The van der Waals surface area contributed by atoms with E-state index in [1.807, 2.05) is 24.3 Å². The number of fused-ring (bicyclic) bond motifs is 1. The van der Waals surface area contributed by atoms with Crippen LogP contribution < -0.4 is 9.46 Å². The molecule has 5 nitrogen and oxygen atoms in total. The van der Waals surface area contributed by atoms with Gasteiger partial charge in [-0.05, 0) is 43.3 Å². The Bertz CT molecular complexity index is 1260. The maximum absolute atomic E-state index is 12.6. The van der Waals surface area contributed by atoms with Gasteiger partial charge in [0, 0.05) is 10.4 Å². The third-order valence-electron chi connectivity index (χ3n) is 4.01. The average Bonchev–Trinajstić information content (AvgIpc) is 2.70. The van der Waals surface area contributed by atoms with Gasteiger partial charge in [0.15, 0.2) is 5.75 Å². The van der Waals surface area contributed by atoms with Gasteiger partial charge in [0.1, 0.15) is 5.75 Å². The minimum Gasteiger partial charge on any atom is -0.453 e. The Morgan fingerprint density at radius 2 is 1.81 bits per heavy atom. The van der Waals surface area contributed by atoms with Gasteiger partial charge in [-0.3, -0.25) is 9.71 Å². The number of sulfonamides is 1. The molecule has 0 aliphatic rings. The van der Waals surface area contributed by atoms with Gasteiger partial charge in [-0.2, -0.15) is 0 Å². The molecule has 3 rings (SSSR count). The van der Waals surface area contributed by atoms with Crippen LogP contribution in [0.4, 0.5) is 5.69 Å². The lowest BCUT2D eigenvalue weighted by molar-refractivity contribution is 0.482. The summed E-state index contributed by atoms with van der Waals surface area (Å²) in [5.41, 5.74) is 0.973. The van der Waals surface area contributed by atoms with Gasteiger partial charge in [-0.25, -0.2) is 8.42 Å². The van der Waals surface area contributed by atoms with E-state index < -0.39 is 10.0 Å². The van der Waals surface area contributed by atoms with Crippen LogP contribution in [0.3, 0.4) is 0 Å². The predicted octanol–water partition coefficient (Wildman–Crippen LogP) is 7.34. The van der Waals surface area contributed by atoms with Crippen molar-refractivity contribution >= 4 is 73.0 Å². The van der Waals surface area contributed by atoms with Crippen molar-refractivity contribution in [1.82, 2.24) is 4.98 Å². The molecular weight excluding hydrogens is 502 g/mol. The number of hydrogen-bond donors (Lipinski definition) is 1. The monoisotopic (exact) mass is 516 g/mol. The van der Waals surface area contributed by atoms with Gasteiger partial charge >= 0.3 is 0 Å². The molecule has 0 spiro atoms. The molecular formula is C21H16Cl4N2O3S. The number of rotatable bonds is 7. The Morgan fingerprint density at radius 1 is 1.13 bits per heavy atom. The second-order valence-corrected chi connectivity index (χ2v) is 9.77. The maximum Gasteiger partial charge on any atom is 0.259 e. The van der Waals surface area contributed by atoms with Crippen LogP contribution in [0.25, 0.3) is 10.9 Å². The smallest absolute Gasteiger partial charge is 0.259 e. The number of nitrogens with zero attached hydrogens (tertiary/aromatic N) is 1. The number of alkyl halides is 1. The minimum absolute atomic E-state index is 0.0658. The first-order valence-electron chi connectivity index (χ1n) is 8.83. The Morgan fingerprint density at radius 3 is 2.45 bits per heavy atom. The molecule has 0 saturated heterocycles. The largest absolute Gasteiger partial charge is 0.453 e. The normalized spacial score (nSPS) is 12.8. The topological polar surface area (TPSA) is 68.3 Å². The molecule has 1 N–H and O–H groups in total. The standard InChI is InChI=1S/C21H16Cl4N2O3S/c1-13(23)6-7-17(11-22)31(28,29)27-15-9-18(24)21(19(25)10-15)30-16-8-14-4-2-3-5-20(14)26-12-16/h2-10,12,27H,11H2,1H3/b13-6+,17-7+. The molecule has 0 atom stereocenters. The maximum atomic E-state index is 12.6. The van der Waals surface area contributed by atoms with Gasteiger partial charge < -0.3 is 4.74 Å². The molecule has 162 valence electrons. The molecule has 0 unspecified atom stereocenters. The summed E-state index contributed by atoms with van der Waals surface area (Å²) >= 11 is 24.2. The summed E-state index contributed by atoms with van der Waals surface area (Å²) in [5.74, 6) is 0.372. The van der Waals surface area contributed by atoms with Crippen LogP contribution >= 0.6 is 46.4 Å². The van der Waals surface area contributed by atoms with Crippen LogP contribution in [0, 0.1) is 0 Å². The molecule has 2 aromatic carbocycles. The number of nitrogens with one attached hydrogen (secondary N) is 1. The van der Waals surface area contributed by atoms with Crippen LogP contribution in [-0.4, -0.2) is 19.3 Å². The van der Waals surface area contributed by atoms with E-state index in [1.54, 1.807) is 19.2 Å². The van der Waals surface area contributed by atoms with Gasteiger partial charge in [0.2, 0.25) is 0 Å². The second kappa shape index (κ2) is 10.1. The summed E-state index contributed by atoms with van der Waals surface area (Å²) in [5, 5.41) is 1.53. The highest BCUT2D eigenvalue weighted by Gasteiger charge is 2.19. The molecule has 0 bridgehead atoms. The SMILES string of the molecule is C/C(Cl)=C\C=C(/CCl)S(=O)(=O)Nc1cc(Cl)c(Oc2cnc3ccccc3c2)c(Cl)c1. The van der Waals surface area contributed by atoms with Crippen molar-refractivity contribution in [2.45, 2.75) is 6.92 Å². The Labute approximate surface area is 200 Å². The lowest BCUT2D eigenvalue weighted by atomic mass is 10.2. The highest BCUT2D eigenvalue weighted by Crippen LogP contribution is 2.39. The van der Waals surface area contributed by atoms with Gasteiger partial charge in [0.25, 0.3) is 10.0 Å². The summed E-state index contributed by atoms with van der Waals surface area (Å²) < 4.78 is 33.4. The van der Waals surface area contributed by atoms with Crippen molar-refractivity contribution in [3.05, 3.63) is 80.8 Å². The number of para-hydroxylation sites is 1. The lowest BCUT2D eigenvalue weighted by Crippen LogP contribution is -2.16. The fraction of sp³-hybridized carbons (Fsp3) is 0.0952. The van der Waals surface area contributed by atoms with Crippen molar-refractivity contribution in [2.75, 3.05) is 10.6 Å². The molecule has 0 aliphatic carbocycles. The van der Waals surface area contributed by atoms with E-state index >= 15 is 0 Å². The van der Waals surface area contributed by atoms with Crippen molar-refractivity contribution in [1.29, 1.82) is 0 Å². The molecule has 31 heavy (non-hydrogen) atoms. The number of benzene rings is 2. The van der Waals surface area contributed by atoms with E-state index in [-0.39, 0.29) is 32.3 Å². The number of halogens is 4. The third-order valence-corrected chi connectivity index (χ3v) is 6.62. The Kier molecular flexibility index (Phi) is 7.73. The predicted molar refractivity (Wildman–Crippen MR) is 129 cm³/mol. The van der Waals surface area contributed by atoms with Gasteiger partial charge in [0.05, 0.1) is 38.2 Å². The molecule has 0 fully saturated rings. The lowest BCUT2D eigenvalue weighted by Gasteiger charge is -2.14. The Hall–Kier alpha value is -1.96. The van der Waals surface area contributed by atoms with Crippen molar-refractivity contribution in [3.63, 3.8) is 0 Å². The summed E-state index contributed by atoms with van der Waals surface area (Å²) in [6.07, 6.45) is 4.31. The van der Waals surface area contributed by atoms with Crippen molar-refractivity contribution in [2.24, 2.45) is 0 Å². The first kappa shape index (κ1) is 23.7. The van der Waals surface area contributed by atoms with Crippen LogP contribution in [0.15, 0.2) is 70.8 Å². The van der Waals surface area contributed by atoms with E-state index in [4.69, 9.17) is 51.1 Å². The fourth-order valence-corrected chi connectivity index (χ4v) is 4.67. The average molecular weight is 518 g/mol. The molecule has 3 aromatic rings. The minimum atomic E-state index is -3.94. The zero-order valence-electron chi connectivity index (χ0n) is 16.1. The quantitative estimate of drug-likeness (QED) is 0.263. The highest BCUT2D eigenvalue weighted by molar-refractivity contribution is 7.96. The Balaban J connectivity index is 1.87. The first-order valence-corrected chi connectivity index (χ1v) is 12.0. The van der Waals surface area contributed by atoms with E-state index in [1.165, 1.54) is 24.3 Å². The van der Waals surface area contributed by atoms with Crippen LogP contribution in [0.2, 0.25) is 10.0 Å². The van der Waals surface area contributed by atoms with Crippen LogP contribution in [0.5, 0.6) is 11.5 Å². The number of ether oxygens (including phenoxy) is 1. The third kappa shape index (κ3) is 6.05. The summed E-state index contributed by atoms with van der Waals surface area (Å²) in [6.45, 7) is 1.62. The number of anilines is 1. The molecule has 1 aromatic heterocycles. The number of allylic oxidation sites excluding steroid dienone is 4. The summed E-state index contributed by atoms with van der Waals surface area (Å²) in [6, 6.07) is 12.2. The molecule has 10 heteroatoms. The molecule has 0 saturated carbocycles.